The Bertz CT molecular complexity index is 655. The summed E-state index contributed by atoms with van der Waals surface area (Å²) in [4.78, 5) is 18.4. The number of rotatable bonds is 10. The molecule has 162 valence electrons. The number of ether oxygens (including phenoxy) is 1. The van der Waals surface area contributed by atoms with Crippen molar-refractivity contribution in [2.75, 3.05) is 39.3 Å². The van der Waals surface area contributed by atoms with Crippen LogP contribution in [0.3, 0.4) is 0 Å². The van der Waals surface area contributed by atoms with Crippen molar-refractivity contribution in [3.63, 3.8) is 0 Å². The molecule has 9 nitrogen and oxygen atoms in total. The molecule has 0 bridgehead atoms. The number of hydrogen-bond acceptors (Lipinski definition) is 5. The fourth-order valence-electron chi connectivity index (χ4n) is 3.77. The van der Waals surface area contributed by atoms with E-state index in [0.29, 0.717) is 13.0 Å². The third-order valence-electron chi connectivity index (χ3n) is 5.45. The van der Waals surface area contributed by atoms with Gasteiger partial charge in [0, 0.05) is 52.2 Å². The van der Waals surface area contributed by atoms with Gasteiger partial charge in [-0.2, -0.15) is 0 Å². The summed E-state index contributed by atoms with van der Waals surface area (Å²) >= 11 is 0. The summed E-state index contributed by atoms with van der Waals surface area (Å²) < 4.78 is 7.86. The first-order valence-corrected chi connectivity index (χ1v) is 11.0. The van der Waals surface area contributed by atoms with Crippen LogP contribution in [-0.4, -0.2) is 77.0 Å². The van der Waals surface area contributed by atoms with Gasteiger partial charge in [0.25, 0.3) is 0 Å². The zero-order chi connectivity index (χ0) is 20.3. The molecule has 2 N–H and O–H groups in total. The van der Waals surface area contributed by atoms with Gasteiger partial charge < -0.3 is 24.8 Å². The molecule has 3 heterocycles. The quantitative estimate of drug-likeness (QED) is 0.342. The summed E-state index contributed by atoms with van der Waals surface area (Å²) in [6, 6.07) is 0. The van der Waals surface area contributed by atoms with E-state index in [4.69, 9.17) is 9.73 Å². The summed E-state index contributed by atoms with van der Waals surface area (Å²) in [5.41, 5.74) is 0. The molecule has 1 aromatic heterocycles. The first-order valence-electron chi connectivity index (χ1n) is 11.0. The number of likely N-dealkylation sites (tertiary alicyclic amines) is 1. The van der Waals surface area contributed by atoms with Gasteiger partial charge in [0.2, 0.25) is 5.91 Å². The van der Waals surface area contributed by atoms with Crippen LogP contribution in [0.15, 0.2) is 11.3 Å². The highest BCUT2D eigenvalue weighted by Crippen LogP contribution is 2.12. The maximum Gasteiger partial charge on any atom is 0.222 e. The molecule has 0 saturated carbocycles. The van der Waals surface area contributed by atoms with E-state index in [0.717, 1.165) is 83.2 Å². The van der Waals surface area contributed by atoms with Crippen LogP contribution in [-0.2, 0) is 22.5 Å². The first-order chi connectivity index (χ1) is 14.3. The Morgan fingerprint density at radius 3 is 2.93 bits per heavy atom. The Morgan fingerprint density at radius 2 is 2.17 bits per heavy atom. The summed E-state index contributed by atoms with van der Waals surface area (Å²) in [5.74, 6) is 2.08. The van der Waals surface area contributed by atoms with Gasteiger partial charge in [-0.15, -0.1) is 10.2 Å². The molecule has 1 atom stereocenters. The van der Waals surface area contributed by atoms with Gasteiger partial charge in [-0.05, 0) is 32.1 Å². The van der Waals surface area contributed by atoms with Gasteiger partial charge in [-0.3, -0.25) is 9.79 Å². The van der Waals surface area contributed by atoms with Gasteiger partial charge in [0.05, 0.1) is 12.6 Å². The Balaban J connectivity index is 1.44. The molecule has 0 aromatic carbocycles. The Labute approximate surface area is 173 Å². The molecule has 0 aliphatic carbocycles. The lowest BCUT2D eigenvalue weighted by atomic mass is 10.1. The van der Waals surface area contributed by atoms with E-state index in [1.807, 2.05) is 4.90 Å². The van der Waals surface area contributed by atoms with Crippen molar-refractivity contribution in [3.05, 3.63) is 12.2 Å². The second-order valence-corrected chi connectivity index (χ2v) is 7.66. The summed E-state index contributed by atoms with van der Waals surface area (Å²) in [6.45, 7) is 7.62. The number of carbonyl (C=O) groups is 1. The van der Waals surface area contributed by atoms with Gasteiger partial charge in [0.1, 0.15) is 12.2 Å². The number of aryl methyl sites for hydroxylation is 1. The molecule has 0 spiro atoms. The molecule has 1 unspecified atom stereocenters. The van der Waals surface area contributed by atoms with E-state index in [1.165, 1.54) is 6.42 Å². The van der Waals surface area contributed by atoms with Crippen molar-refractivity contribution in [2.45, 2.75) is 64.5 Å². The average molecular weight is 406 g/mol. The van der Waals surface area contributed by atoms with Crippen LogP contribution in [0.1, 0.15) is 51.3 Å². The summed E-state index contributed by atoms with van der Waals surface area (Å²) in [6.07, 6.45) is 8.91. The number of guanidine groups is 1. The van der Waals surface area contributed by atoms with E-state index in [9.17, 15) is 4.79 Å². The third-order valence-corrected chi connectivity index (χ3v) is 5.45. The highest BCUT2D eigenvalue weighted by atomic mass is 16.5. The van der Waals surface area contributed by atoms with Crippen LogP contribution in [0.5, 0.6) is 0 Å². The van der Waals surface area contributed by atoms with Gasteiger partial charge in [-0.1, -0.05) is 6.92 Å². The van der Waals surface area contributed by atoms with Crippen molar-refractivity contribution in [3.8, 4) is 0 Å². The SMILES string of the molecule is CCc1nncn1CCNC(=NCC1CCCCO1)NCCCN1CCCC1=O. The predicted molar refractivity (Wildman–Crippen MR) is 112 cm³/mol. The van der Waals surface area contributed by atoms with Crippen molar-refractivity contribution >= 4 is 11.9 Å². The van der Waals surface area contributed by atoms with E-state index in [2.05, 4.69) is 32.3 Å². The van der Waals surface area contributed by atoms with Crippen LogP contribution < -0.4 is 10.6 Å². The van der Waals surface area contributed by atoms with Crippen LogP contribution in [0.4, 0.5) is 0 Å². The summed E-state index contributed by atoms with van der Waals surface area (Å²) in [5, 5.41) is 14.9. The highest BCUT2D eigenvalue weighted by molar-refractivity contribution is 5.80. The molecule has 2 fully saturated rings. The topological polar surface area (TPSA) is 96.7 Å². The number of amides is 1. The smallest absolute Gasteiger partial charge is 0.222 e. The average Bonchev–Trinajstić information content (AvgIpc) is 3.38. The first kappa shape index (κ1) is 21.5. The Kier molecular flexibility index (Phi) is 8.73. The van der Waals surface area contributed by atoms with E-state index < -0.39 is 0 Å². The second-order valence-electron chi connectivity index (χ2n) is 7.66. The fraction of sp³-hybridized carbons (Fsp3) is 0.800. The minimum atomic E-state index is 0.217. The number of carbonyl (C=O) groups excluding carboxylic acids is 1. The maximum absolute atomic E-state index is 11.7. The third kappa shape index (κ3) is 6.99. The lowest BCUT2D eigenvalue weighted by Gasteiger charge is -2.22. The number of hydrogen-bond donors (Lipinski definition) is 2. The molecule has 2 saturated heterocycles. The minimum absolute atomic E-state index is 0.217. The molecular formula is C20H35N7O2. The van der Waals surface area contributed by atoms with Crippen LogP contribution in [0.25, 0.3) is 0 Å². The molecule has 1 aromatic rings. The molecule has 0 radical (unpaired) electrons. The Hall–Kier alpha value is -2.16. The summed E-state index contributed by atoms with van der Waals surface area (Å²) in [7, 11) is 0. The molecular weight excluding hydrogens is 370 g/mol. The lowest BCUT2D eigenvalue weighted by molar-refractivity contribution is -0.127. The van der Waals surface area contributed by atoms with Crippen LogP contribution in [0, 0.1) is 0 Å². The number of aromatic nitrogens is 3. The zero-order valence-electron chi connectivity index (χ0n) is 17.6. The fourth-order valence-corrected chi connectivity index (χ4v) is 3.77. The van der Waals surface area contributed by atoms with E-state index in [-0.39, 0.29) is 12.0 Å². The van der Waals surface area contributed by atoms with Crippen molar-refractivity contribution in [1.82, 2.24) is 30.3 Å². The van der Waals surface area contributed by atoms with E-state index in [1.54, 1.807) is 6.33 Å². The highest BCUT2D eigenvalue weighted by Gasteiger charge is 2.19. The van der Waals surface area contributed by atoms with Gasteiger partial charge >= 0.3 is 0 Å². The molecule has 3 rings (SSSR count). The standard InChI is InChI=1S/C20H35N7O2/c1-2-18-25-24-16-27(18)13-10-22-20(23-15-17-7-3-4-14-29-17)21-9-6-12-26-11-5-8-19(26)28/h16-17H,2-15H2,1H3,(H2,21,22,23). The lowest BCUT2D eigenvalue weighted by Crippen LogP contribution is -2.41. The molecule has 2 aliphatic heterocycles. The number of nitrogens with one attached hydrogen (secondary N) is 2. The monoisotopic (exact) mass is 405 g/mol. The minimum Gasteiger partial charge on any atom is -0.376 e. The molecule has 2 aliphatic rings. The normalized spacial score (nSPS) is 20.3. The molecule has 29 heavy (non-hydrogen) atoms. The maximum atomic E-state index is 11.7. The second kappa shape index (κ2) is 11.7. The number of nitrogens with zero attached hydrogens (tertiary/aromatic N) is 5. The van der Waals surface area contributed by atoms with E-state index >= 15 is 0 Å². The van der Waals surface area contributed by atoms with Crippen molar-refractivity contribution in [1.29, 1.82) is 0 Å². The van der Waals surface area contributed by atoms with Crippen molar-refractivity contribution in [2.24, 2.45) is 4.99 Å². The van der Waals surface area contributed by atoms with Crippen LogP contribution >= 0.6 is 0 Å². The number of aliphatic imine (C=N–C) groups is 1. The molecule has 9 heteroatoms. The largest absolute Gasteiger partial charge is 0.376 e. The van der Waals surface area contributed by atoms with Gasteiger partial charge in [0.15, 0.2) is 5.96 Å². The van der Waals surface area contributed by atoms with Crippen molar-refractivity contribution < 1.29 is 9.53 Å². The van der Waals surface area contributed by atoms with Crippen LogP contribution in [0.2, 0.25) is 0 Å². The molecule has 1 amide bonds. The van der Waals surface area contributed by atoms with Gasteiger partial charge in [-0.25, -0.2) is 0 Å². The Morgan fingerprint density at radius 1 is 1.28 bits per heavy atom. The predicted octanol–water partition coefficient (Wildman–Crippen LogP) is 0.957. The zero-order valence-corrected chi connectivity index (χ0v) is 17.6.